The first-order chi connectivity index (χ1) is 7.82. The van der Waals surface area contributed by atoms with Crippen LogP contribution >= 0.6 is 0 Å². The molecule has 86 valence electrons. The highest BCUT2D eigenvalue weighted by Crippen LogP contribution is 2.61. The quantitative estimate of drug-likeness (QED) is 0.515. The standard InChI is InChI=1S/C11H17N5/c12-16-10-13-6-3-9(15-10)14-7-11(4-5-11)8-1-2-8/h3,6,8H,1-2,4-5,7,12H2,(H2,13,14,15,16). The molecule has 1 aromatic heterocycles. The van der Waals surface area contributed by atoms with Gasteiger partial charge in [0.25, 0.3) is 0 Å². The van der Waals surface area contributed by atoms with Gasteiger partial charge >= 0.3 is 0 Å². The second-order valence-corrected chi connectivity index (χ2v) is 4.90. The Labute approximate surface area is 94.8 Å². The third kappa shape index (κ3) is 1.82. The van der Waals surface area contributed by atoms with Crippen LogP contribution in [0.25, 0.3) is 0 Å². The number of nitrogen functional groups attached to an aromatic ring is 1. The molecular weight excluding hydrogens is 202 g/mol. The SMILES string of the molecule is NNc1nccc(NCC2(C3CC3)CC2)n1. The Morgan fingerprint density at radius 3 is 2.88 bits per heavy atom. The van der Waals surface area contributed by atoms with Gasteiger partial charge in [-0.3, -0.25) is 5.43 Å². The fraction of sp³-hybridized carbons (Fsp3) is 0.636. The molecule has 3 rings (SSSR count). The van der Waals surface area contributed by atoms with Crippen molar-refractivity contribution in [2.75, 3.05) is 17.3 Å². The van der Waals surface area contributed by atoms with Crippen LogP contribution in [0.3, 0.4) is 0 Å². The lowest BCUT2D eigenvalue weighted by Gasteiger charge is -2.15. The fourth-order valence-electron chi connectivity index (χ4n) is 2.38. The highest BCUT2D eigenvalue weighted by atomic mass is 15.3. The van der Waals surface area contributed by atoms with E-state index in [0.717, 1.165) is 18.3 Å². The number of hydrazine groups is 1. The maximum absolute atomic E-state index is 5.27. The molecule has 1 aromatic rings. The third-order valence-corrected chi connectivity index (χ3v) is 3.74. The van der Waals surface area contributed by atoms with Crippen LogP contribution in [0, 0.1) is 11.3 Å². The van der Waals surface area contributed by atoms with E-state index in [2.05, 4.69) is 20.7 Å². The van der Waals surface area contributed by atoms with Gasteiger partial charge in [-0.2, -0.15) is 4.98 Å². The number of rotatable bonds is 5. The van der Waals surface area contributed by atoms with E-state index in [1.165, 1.54) is 25.7 Å². The topological polar surface area (TPSA) is 75.9 Å². The molecule has 2 aliphatic rings. The molecule has 0 saturated heterocycles. The van der Waals surface area contributed by atoms with E-state index in [1.54, 1.807) is 6.20 Å². The Kier molecular flexibility index (Phi) is 2.21. The lowest BCUT2D eigenvalue weighted by Crippen LogP contribution is -2.18. The number of hydrogen-bond donors (Lipinski definition) is 3. The summed E-state index contributed by atoms with van der Waals surface area (Å²) in [4.78, 5) is 8.22. The summed E-state index contributed by atoms with van der Waals surface area (Å²) in [5.41, 5.74) is 3.04. The number of aromatic nitrogens is 2. The maximum atomic E-state index is 5.27. The lowest BCUT2D eigenvalue weighted by molar-refractivity contribution is 0.466. The van der Waals surface area contributed by atoms with Gasteiger partial charge in [0.15, 0.2) is 0 Å². The van der Waals surface area contributed by atoms with Gasteiger partial charge in [0, 0.05) is 12.7 Å². The van der Waals surface area contributed by atoms with Crippen molar-refractivity contribution in [3.05, 3.63) is 12.3 Å². The van der Waals surface area contributed by atoms with Gasteiger partial charge in [0.05, 0.1) is 0 Å². The second kappa shape index (κ2) is 3.59. The zero-order valence-corrected chi connectivity index (χ0v) is 9.24. The van der Waals surface area contributed by atoms with E-state index in [-0.39, 0.29) is 0 Å². The first-order valence-electron chi connectivity index (χ1n) is 5.86. The van der Waals surface area contributed by atoms with Crippen molar-refractivity contribution < 1.29 is 0 Å². The average Bonchev–Trinajstić information content (AvgIpc) is 3.17. The van der Waals surface area contributed by atoms with E-state index in [4.69, 9.17) is 5.84 Å². The molecular formula is C11H17N5. The summed E-state index contributed by atoms with van der Waals surface area (Å²) < 4.78 is 0. The number of nitrogens with one attached hydrogen (secondary N) is 2. The van der Waals surface area contributed by atoms with Gasteiger partial charge in [0.1, 0.15) is 5.82 Å². The predicted molar refractivity (Wildman–Crippen MR) is 62.7 cm³/mol. The Hall–Kier alpha value is -1.36. The van der Waals surface area contributed by atoms with Gasteiger partial charge in [-0.05, 0) is 43.1 Å². The number of hydrogen-bond acceptors (Lipinski definition) is 5. The highest BCUT2D eigenvalue weighted by Gasteiger charge is 2.53. The monoisotopic (exact) mass is 219 g/mol. The van der Waals surface area contributed by atoms with Gasteiger partial charge < -0.3 is 5.32 Å². The molecule has 16 heavy (non-hydrogen) atoms. The Morgan fingerprint density at radius 1 is 1.44 bits per heavy atom. The zero-order chi connectivity index (χ0) is 11.0. The predicted octanol–water partition coefficient (Wildman–Crippen LogP) is 1.36. The fourth-order valence-corrected chi connectivity index (χ4v) is 2.38. The van der Waals surface area contributed by atoms with Crippen LogP contribution in [0.15, 0.2) is 12.3 Å². The van der Waals surface area contributed by atoms with Crippen molar-refractivity contribution in [3.8, 4) is 0 Å². The van der Waals surface area contributed by atoms with E-state index in [9.17, 15) is 0 Å². The van der Waals surface area contributed by atoms with E-state index in [1.807, 2.05) is 6.07 Å². The van der Waals surface area contributed by atoms with Crippen LogP contribution in [0.2, 0.25) is 0 Å². The molecule has 5 nitrogen and oxygen atoms in total. The molecule has 2 saturated carbocycles. The summed E-state index contributed by atoms with van der Waals surface area (Å²) in [5.74, 6) is 7.55. The van der Waals surface area contributed by atoms with Crippen molar-refractivity contribution in [1.29, 1.82) is 0 Å². The Morgan fingerprint density at radius 2 is 2.25 bits per heavy atom. The van der Waals surface area contributed by atoms with Gasteiger partial charge in [-0.1, -0.05) is 0 Å². The molecule has 0 spiro atoms. The van der Waals surface area contributed by atoms with E-state index >= 15 is 0 Å². The van der Waals surface area contributed by atoms with Crippen molar-refractivity contribution in [1.82, 2.24) is 9.97 Å². The molecule has 2 fully saturated rings. The van der Waals surface area contributed by atoms with Crippen molar-refractivity contribution in [2.45, 2.75) is 25.7 Å². The van der Waals surface area contributed by atoms with Crippen molar-refractivity contribution >= 4 is 11.8 Å². The normalized spacial score (nSPS) is 21.6. The smallest absolute Gasteiger partial charge is 0.239 e. The molecule has 0 radical (unpaired) electrons. The van der Waals surface area contributed by atoms with Crippen LogP contribution in [0.1, 0.15) is 25.7 Å². The molecule has 4 N–H and O–H groups in total. The molecule has 0 bridgehead atoms. The van der Waals surface area contributed by atoms with Crippen LogP contribution in [0.5, 0.6) is 0 Å². The minimum atomic E-state index is 0.460. The first kappa shape index (κ1) is 9.84. The molecule has 0 atom stereocenters. The largest absolute Gasteiger partial charge is 0.369 e. The lowest BCUT2D eigenvalue weighted by atomic mass is 10.0. The molecule has 0 amide bonds. The van der Waals surface area contributed by atoms with Gasteiger partial charge in [0.2, 0.25) is 5.95 Å². The number of nitrogens with zero attached hydrogens (tertiary/aromatic N) is 2. The average molecular weight is 219 g/mol. The zero-order valence-electron chi connectivity index (χ0n) is 9.24. The van der Waals surface area contributed by atoms with Crippen LogP contribution < -0.4 is 16.6 Å². The maximum Gasteiger partial charge on any atom is 0.239 e. The summed E-state index contributed by atoms with van der Waals surface area (Å²) >= 11 is 0. The minimum Gasteiger partial charge on any atom is -0.369 e. The number of anilines is 2. The molecule has 0 unspecified atom stereocenters. The summed E-state index contributed by atoms with van der Waals surface area (Å²) in [5, 5.41) is 3.40. The summed E-state index contributed by atoms with van der Waals surface area (Å²) in [6, 6.07) is 1.88. The van der Waals surface area contributed by atoms with E-state index < -0.39 is 0 Å². The molecule has 0 aromatic carbocycles. The van der Waals surface area contributed by atoms with Crippen molar-refractivity contribution in [3.63, 3.8) is 0 Å². The van der Waals surface area contributed by atoms with Gasteiger partial charge in [-0.15, -0.1) is 0 Å². The number of nitrogens with two attached hydrogens (primary N) is 1. The summed E-state index contributed by atoms with van der Waals surface area (Å²) in [7, 11) is 0. The summed E-state index contributed by atoms with van der Waals surface area (Å²) in [6.07, 6.45) is 7.29. The molecule has 0 aliphatic heterocycles. The van der Waals surface area contributed by atoms with Crippen LogP contribution in [-0.2, 0) is 0 Å². The minimum absolute atomic E-state index is 0.460. The highest BCUT2D eigenvalue weighted by molar-refractivity contribution is 5.39. The van der Waals surface area contributed by atoms with Gasteiger partial charge in [-0.25, -0.2) is 10.8 Å². The van der Waals surface area contributed by atoms with Crippen LogP contribution in [-0.4, -0.2) is 16.5 Å². The van der Waals surface area contributed by atoms with E-state index in [0.29, 0.717) is 11.4 Å². The van der Waals surface area contributed by atoms with Crippen molar-refractivity contribution in [2.24, 2.45) is 17.2 Å². The Bertz CT molecular complexity index is 384. The first-order valence-corrected chi connectivity index (χ1v) is 5.86. The molecule has 5 heteroatoms. The summed E-state index contributed by atoms with van der Waals surface area (Å²) in [6.45, 7) is 1.04. The second-order valence-electron chi connectivity index (χ2n) is 4.90. The molecule has 2 aliphatic carbocycles. The Balaban J connectivity index is 1.61. The molecule has 1 heterocycles. The third-order valence-electron chi connectivity index (χ3n) is 3.74. The van der Waals surface area contributed by atoms with Crippen LogP contribution in [0.4, 0.5) is 11.8 Å².